The third-order valence-electron chi connectivity index (χ3n) is 2.94. The van der Waals surface area contributed by atoms with Gasteiger partial charge in [-0.3, -0.25) is 10.1 Å². The van der Waals surface area contributed by atoms with Gasteiger partial charge in [0.1, 0.15) is 0 Å². The van der Waals surface area contributed by atoms with Crippen LogP contribution in [0.15, 0.2) is 60.0 Å². The van der Waals surface area contributed by atoms with Gasteiger partial charge >= 0.3 is 0 Å². The van der Waals surface area contributed by atoms with E-state index in [1.807, 2.05) is 48.7 Å². The van der Waals surface area contributed by atoms with Crippen LogP contribution in [0.4, 0.5) is 5.95 Å². The minimum absolute atomic E-state index is 0.252. The summed E-state index contributed by atoms with van der Waals surface area (Å²) in [5, 5.41) is 9.01. The fourth-order valence-electron chi connectivity index (χ4n) is 1.95. The topological polar surface area (TPSA) is 59.3 Å². The van der Waals surface area contributed by atoms with Crippen LogP contribution < -0.4 is 5.32 Å². The Morgan fingerprint density at radius 1 is 1.27 bits per heavy atom. The summed E-state index contributed by atoms with van der Waals surface area (Å²) in [5.41, 5.74) is 2.02. The van der Waals surface area contributed by atoms with Crippen molar-refractivity contribution in [3.63, 3.8) is 0 Å². The van der Waals surface area contributed by atoms with E-state index < -0.39 is 0 Å². The molecule has 2 heterocycles. The predicted octanol–water partition coefficient (Wildman–Crippen LogP) is 3.53. The smallest absolute Gasteiger partial charge is 0.250 e. The van der Waals surface area contributed by atoms with Crippen LogP contribution in [-0.4, -0.2) is 20.5 Å². The predicted molar refractivity (Wildman–Crippen MR) is 88.9 cm³/mol. The lowest BCUT2D eigenvalue weighted by molar-refractivity contribution is -0.111. The van der Waals surface area contributed by atoms with Gasteiger partial charge in [0.25, 0.3) is 11.9 Å². The molecule has 0 atom stereocenters. The van der Waals surface area contributed by atoms with Gasteiger partial charge in [0.05, 0.1) is 5.69 Å². The molecule has 0 fully saturated rings. The molecule has 1 amide bonds. The number of carbonyl (C=O) groups is 1. The van der Waals surface area contributed by atoms with Crippen molar-refractivity contribution in [2.45, 2.75) is 6.92 Å². The maximum Gasteiger partial charge on any atom is 0.250 e. The van der Waals surface area contributed by atoms with E-state index in [0.29, 0.717) is 5.95 Å². The minimum atomic E-state index is -0.252. The molecule has 3 rings (SSSR count). The van der Waals surface area contributed by atoms with Gasteiger partial charge in [-0.2, -0.15) is 4.98 Å². The summed E-state index contributed by atoms with van der Waals surface area (Å²) in [6.45, 7) is 1.89. The molecule has 0 aliphatic rings. The zero-order valence-electron chi connectivity index (χ0n) is 11.9. The number of nitrogens with one attached hydrogen (secondary N) is 1. The SMILES string of the molecule is C/C=C/C=C/C(=O)Nc1nc2scc(-c3ccccc3)n2n1. The van der Waals surface area contributed by atoms with Crippen LogP contribution in [-0.2, 0) is 4.79 Å². The summed E-state index contributed by atoms with van der Waals surface area (Å²) in [6, 6.07) is 9.95. The lowest BCUT2D eigenvalue weighted by atomic mass is 10.2. The molecule has 2 aromatic heterocycles. The fraction of sp³-hybridized carbons (Fsp3) is 0.0625. The molecule has 0 unspecified atom stereocenters. The second-order valence-corrected chi connectivity index (χ2v) is 5.33. The van der Waals surface area contributed by atoms with Crippen molar-refractivity contribution >= 4 is 28.2 Å². The molecule has 0 saturated carbocycles. The molecular formula is C16H14N4OS. The van der Waals surface area contributed by atoms with Gasteiger partial charge in [0.2, 0.25) is 4.96 Å². The van der Waals surface area contributed by atoms with E-state index in [9.17, 15) is 4.79 Å². The first kappa shape index (κ1) is 14.2. The number of hydrogen-bond acceptors (Lipinski definition) is 4. The molecule has 110 valence electrons. The van der Waals surface area contributed by atoms with Crippen molar-refractivity contribution < 1.29 is 4.79 Å². The first-order valence-corrected chi connectivity index (χ1v) is 7.66. The molecule has 3 aromatic rings. The molecule has 5 nitrogen and oxygen atoms in total. The average molecular weight is 310 g/mol. The monoisotopic (exact) mass is 310 g/mol. The van der Waals surface area contributed by atoms with Crippen LogP contribution in [0, 0.1) is 0 Å². The second kappa shape index (κ2) is 6.36. The number of allylic oxidation sites excluding steroid dienone is 3. The third kappa shape index (κ3) is 2.96. The second-order valence-electron chi connectivity index (χ2n) is 4.49. The minimum Gasteiger partial charge on any atom is -0.290 e. The van der Waals surface area contributed by atoms with Gasteiger partial charge in [-0.15, -0.1) is 16.4 Å². The maximum absolute atomic E-state index is 11.7. The van der Waals surface area contributed by atoms with Crippen molar-refractivity contribution in [1.29, 1.82) is 0 Å². The lowest BCUT2D eigenvalue weighted by Crippen LogP contribution is -2.09. The number of hydrogen-bond donors (Lipinski definition) is 1. The zero-order valence-corrected chi connectivity index (χ0v) is 12.7. The van der Waals surface area contributed by atoms with E-state index >= 15 is 0 Å². The number of nitrogens with zero attached hydrogens (tertiary/aromatic N) is 3. The first-order valence-electron chi connectivity index (χ1n) is 6.78. The fourth-order valence-corrected chi connectivity index (χ4v) is 2.78. The van der Waals surface area contributed by atoms with E-state index in [0.717, 1.165) is 16.2 Å². The summed E-state index contributed by atoms with van der Waals surface area (Å²) < 4.78 is 1.74. The van der Waals surface area contributed by atoms with Gasteiger partial charge in [-0.1, -0.05) is 48.6 Å². The van der Waals surface area contributed by atoms with E-state index in [-0.39, 0.29) is 5.91 Å². The molecule has 0 saturated heterocycles. The Kier molecular flexibility index (Phi) is 4.11. The molecule has 1 N–H and O–H groups in total. The maximum atomic E-state index is 11.7. The zero-order chi connectivity index (χ0) is 15.4. The molecule has 1 aromatic carbocycles. The molecular weight excluding hydrogens is 296 g/mol. The summed E-state index contributed by atoms with van der Waals surface area (Å²) >= 11 is 1.49. The van der Waals surface area contributed by atoms with Crippen LogP contribution >= 0.6 is 11.3 Å². The van der Waals surface area contributed by atoms with Crippen LogP contribution in [0.2, 0.25) is 0 Å². The largest absolute Gasteiger partial charge is 0.290 e. The highest BCUT2D eigenvalue weighted by atomic mass is 32.1. The van der Waals surface area contributed by atoms with Crippen molar-refractivity contribution in [3.05, 3.63) is 60.0 Å². The number of thiazole rings is 1. The number of carbonyl (C=O) groups excluding carboxylic acids is 1. The number of benzene rings is 1. The lowest BCUT2D eigenvalue weighted by Gasteiger charge is -1.97. The summed E-state index contributed by atoms with van der Waals surface area (Å²) in [5.74, 6) is 0.0526. The molecule has 0 radical (unpaired) electrons. The van der Waals surface area contributed by atoms with Crippen LogP contribution in [0.5, 0.6) is 0 Å². The number of anilines is 1. The highest BCUT2D eigenvalue weighted by Gasteiger charge is 2.12. The van der Waals surface area contributed by atoms with E-state index in [1.54, 1.807) is 16.7 Å². The molecule has 0 aliphatic carbocycles. The quantitative estimate of drug-likeness (QED) is 0.592. The Balaban J connectivity index is 1.85. The third-order valence-corrected chi connectivity index (χ3v) is 3.75. The number of aromatic nitrogens is 3. The highest BCUT2D eigenvalue weighted by Crippen LogP contribution is 2.25. The molecule has 22 heavy (non-hydrogen) atoms. The average Bonchev–Trinajstić information content (AvgIpc) is 3.08. The summed E-state index contributed by atoms with van der Waals surface area (Å²) in [4.78, 5) is 16.8. The van der Waals surface area contributed by atoms with Crippen molar-refractivity contribution in [3.8, 4) is 11.3 Å². The Hall–Kier alpha value is -2.73. The van der Waals surface area contributed by atoms with Crippen LogP contribution in [0.25, 0.3) is 16.2 Å². The Bertz CT molecular complexity index is 846. The van der Waals surface area contributed by atoms with Crippen molar-refractivity contribution in [2.75, 3.05) is 5.32 Å². The Labute approximate surface area is 131 Å². The van der Waals surface area contributed by atoms with Gasteiger partial charge in [-0.05, 0) is 6.92 Å². The van der Waals surface area contributed by atoms with Gasteiger partial charge in [0.15, 0.2) is 0 Å². The molecule has 0 aliphatic heterocycles. The normalized spacial score (nSPS) is 11.7. The van der Waals surface area contributed by atoms with E-state index in [4.69, 9.17) is 0 Å². The Morgan fingerprint density at radius 2 is 2.09 bits per heavy atom. The van der Waals surface area contributed by atoms with Gasteiger partial charge in [0, 0.05) is 17.0 Å². The molecule has 6 heteroatoms. The van der Waals surface area contributed by atoms with Crippen LogP contribution in [0.1, 0.15) is 6.92 Å². The van der Waals surface area contributed by atoms with Gasteiger partial charge in [-0.25, -0.2) is 4.52 Å². The first-order chi connectivity index (χ1) is 10.8. The number of fused-ring (bicyclic) bond motifs is 1. The number of amides is 1. The molecule has 0 bridgehead atoms. The Morgan fingerprint density at radius 3 is 2.86 bits per heavy atom. The van der Waals surface area contributed by atoms with E-state index in [1.165, 1.54) is 17.4 Å². The number of rotatable bonds is 4. The summed E-state index contributed by atoms with van der Waals surface area (Å²) in [7, 11) is 0. The summed E-state index contributed by atoms with van der Waals surface area (Å²) in [6.07, 6.45) is 6.74. The van der Waals surface area contributed by atoms with Crippen LogP contribution in [0.3, 0.4) is 0 Å². The van der Waals surface area contributed by atoms with E-state index in [2.05, 4.69) is 15.4 Å². The van der Waals surface area contributed by atoms with Gasteiger partial charge < -0.3 is 0 Å². The van der Waals surface area contributed by atoms with Crippen molar-refractivity contribution in [2.24, 2.45) is 0 Å². The standard InChI is InChI=1S/C16H14N4OS/c1-2-3-5-10-14(21)17-15-18-16-20(19-15)13(11-22-16)12-8-6-4-7-9-12/h2-11H,1H3,(H,17,19,21)/b3-2+,10-5+. The molecule has 0 spiro atoms. The van der Waals surface area contributed by atoms with Crippen molar-refractivity contribution in [1.82, 2.24) is 14.6 Å². The highest BCUT2D eigenvalue weighted by molar-refractivity contribution is 7.15.